The van der Waals surface area contributed by atoms with Crippen LogP contribution < -0.4 is 10.1 Å². The van der Waals surface area contributed by atoms with Gasteiger partial charge in [0.15, 0.2) is 0 Å². The van der Waals surface area contributed by atoms with E-state index in [0.717, 1.165) is 36.7 Å². The second-order valence-corrected chi connectivity index (χ2v) is 8.67. The Bertz CT molecular complexity index is 818. The van der Waals surface area contributed by atoms with Gasteiger partial charge in [-0.2, -0.15) is 0 Å². The van der Waals surface area contributed by atoms with E-state index in [1.807, 2.05) is 36.4 Å². The molecule has 2 saturated heterocycles. The average molecular weight is 409 g/mol. The number of rotatable bonds is 6. The van der Waals surface area contributed by atoms with Crippen molar-refractivity contribution in [2.24, 2.45) is 11.8 Å². The Morgan fingerprint density at radius 3 is 2.77 bits per heavy atom. The monoisotopic (exact) mass is 408 g/mol. The van der Waals surface area contributed by atoms with Crippen LogP contribution in [0.25, 0.3) is 0 Å². The summed E-state index contributed by atoms with van der Waals surface area (Å²) < 4.78 is 11.5. The molecule has 3 atom stereocenters. The molecule has 2 aliphatic heterocycles. The Labute approximate surface area is 179 Å². The molecule has 2 aromatic carbocycles. The first-order valence-corrected chi connectivity index (χ1v) is 11.1. The van der Waals surface area contributed by atoms with Gasteiger partial charge in [0.1, 0.15) is 12.4 Å². The lowest BCUT2D eigenvalue weighted by atomic mass is 9.92. The molecule has 5 nitrogen and oxygen atoms in total. The third kappa shape index (κ3) is 5.54. The first-order chi connectivity index (χ1) is 14.7. The highest BCUT2D eigenvalue weighted by atomic mass is 16.6. The van der Waals surface area contributed by atoms with E-state index in [2.05, 4.69) is 30.4 Å². The second kappa shape index (κ2) is 9.98. The average Bonchev–Trinajstić information content (AvgIpc) is 3.27. The summed E-state index contributed by atoms with van der Waals surface area (Å²) in [5.74, 6) is 2.01. The van der Waals surface area contributed by atoms with E-state index >= 15 is 0 Å². The Kier molecular flexibility index (Phi) is 6.90. The number of hydrogen-bond acceptors (Lipinski definition) is 4. The largest absolute Gasteiger partial charge is 0.493 e. The zero-order chi connectivity index (χ0) is 20.8. The molecule has 4 rings (SSSR count). The number of piperidine rings is 1. The minimum atomic E-state index is -0.235. The highest BCUT2D eigenvalue weighted by molar-refractivity contribution is 5.68. The number of nitrogens with zero attached hydrogens (tertiary/aromatic N) is 1. The first kappa shape index (κ1) is 20.7. The number of nitrogens with one attached hydrogen (secondary N) is 1. The maximum Gasteiger partial charge on any atom is 0.410 e. The standard InChI is InChI=1S/C25H32N2O3/c1-19-10-11-24(26-15-19)22-8-5-9-23(14-22)29-18-21-12-13-27(16-21)25(28)30-17-20-6-3-2-4-7-20/h2-9,14,19,21,24,26H,10-13,15-18H2,1H3/t19?,21-,24?/m1/s1. The quantitative estimate of drug-likeness (QED) is 0.747. The molecule has 2 unspecified atom stereocenters. The molecule has 0 aliphatic carbocycles. The van der Waals surface area contributed by atoms with Gasteiger partial charge in [-0.05, 0) is 55.0 Å². The fraction of sp³-hybridized carbons (Fsp3) is 0.480. The first-order valence-electron chi connectivity index (χ1n) is 11.1. The van der Waals surface area contributed by atoms with Crippen LogP contribution in [0.15, 0.2) is 54.6 Å². The van der Waals surface area contributed by atoms with Crippen molar-refractivity contribution < 1.29 is 14.3 Å². The molecule has 0 bridgehead atoms. The van der Waals surface area contributed by atoms with Crippen LogP contribution in [0.3, 0.4) is 0 Å². The molecule has 0 aromatic heterocycles. The van der Waals surface area contributed by atoms with E-state index in [0.29, 0.717) is 31.7 Å². The minimum Gasteiger partial charge on any atom is -0.493 e. The predicted octanol–water partition coefficient (Wildman–Crippen LogP) is 4.78. The lowest BCUT2D eigenvalue weighted by molar-refractivity contribution is 0.102. The third-order valence-electron chi connectivity index (χ3n) is 6.16. The number of carbonyl (C=O) groups is 1. The molecule has 0 saturated carbocycles. The SMILES string of the molecule is CC1CCC(c2cccc(OC[C@@H]3CCN(C(=O)OCc4ccccc4)C3)c2)NC1. The molecular formula is C25H32N2O3. The molecule has 160 valence electrons. The fourth-order valence-electron chi connectivity index (χ4n) is 4.26. The lowest BCUT2D eigenvalue weighted by Crippen LogP contribution is -2.31. The van der Waals surface area contributed by atoms with Crippen molar-refractivity contribution in [2.45, 2.75) is 38.8 Å². The molecule has 2 fully saturated rings. The summed E-state index contributed by atoms with van der Waals surface area (Å²) >= 11 is 0. The van der Waals surface area contributed by atoms with Crippen molar-refractivity contribution in [2.75, 3.05) is 26.2 Å². The molecule has 1 amide bonds. The van der Waals surface area contributed by atoms with Crippen molar-refractivity contribution >= 4 is 6.09 Å². The Morgan fingerprint density at radius 1 is 1.10 bits per heavy atom. The third-order valence-corrected chi connectivity index (χ3v) is 6.16. The van der Waals surface area contributed by atoms with Crippen LogP contribution in [-0.4, -0.2) is 37.2 Å². The van der Waals surface area contributed by atoms with Gasteiger partial charge in [0.2, 0.25) is 0 Å². The summed E-state index contributed by atoms with van der Waals surface area (Å²) in [6.45, 7) is 5.74. The van der Waals surface area contributed by atoms with E-state index in [1.165, 1.54) is 18.4 Å². The molecule has 0 radical (unpaired) electrons. The van der Waals surface area contributed by atoms with Crippen LogP contribution in [0.2, 0.25) is 0 Å². The Hall–Kier alpha value is -2.53. The van der Waals surface area contributed by atoms with Crippen LogP contribution in [0.5, 0.6) is 5.75 Å². The van der Waals surface area contributed by atoms with Gasteiger partial charge in [-0.15, -0.1) is 0 Å². The highest BCUT2D eigenvalue weighted by Gasteiger charge is 2.28. The molecule has 2 aromatic rings. The molecular weight excluding hydrogens is 376 g/mol. The zero-order valence-electron chi connectivity index (χ0n) is 17.8. The fourth-order valence-corrected chi connectivity index (χ4v) is 4.26. The van der Waals surface area contributed by atoms with Crippen molar-refractivity contribution in [3.63, 3.8) is 0 Å². The summed E-state index contributed by atoms with van der Waals surface area (Å²) in [5, 5.41) is 3.64. The number of hydrogen-bond donors (Lipinski definition) is 1. The second-order valence-electron chi connectivity index (χ2n) is 8.67. The predicted molar refractivity (Wildman–Crippen MR) is 117 cm³/mol. The number of ether oxygens (including phenoxy) is 2. The summed E-state index contributed by atoms with van der Waals surface area (Å²) in [4.78, 5) is 14.1. The number of likely N-dealkylation sites (tertiary alicyclic amines) is 1. The van der Waals surface area contributed by atoms with Gasteiger partial charge in [0.05, 0.1) is 6.61 Å². The summed E-state index contributed by atoms with van der Waals surface area (Å²) in [5.41, 5.74) is 2.31. The highest BCUT2D eigenvalue weighted by Crippen LogP contribution is 2.28. The van der Waals surface area contributed by atoms with E-state index in [4.69, 9.17) is 9.47 Å². The summed E-state index contributed by atoms with van der Waals surface area (Å²) in [6, 6.07) is 18.6. The van der Waals surface area contributed by atoms with Gasteiger partial charge in [-0.3, -0.25) is 0 Å². The van der Waals surface area contributed by atoms with Gasteiger partial charge in [0.25, 0.3) is 0 Å². The number of amides is 1. The minimum absolute atomic E-state index is 0.235. The number of benzene rings is 2. The van der Waals surface area contributed by atoms with Gasteiger partial charge >= 0.3 is 6.09 Å². The normalized spacial score (nSPS) is 23.9. The smallest absolute Gasteiger partial charge is 0.410 e. The molecule has 2 aliphatic rings. The van der Waals surface area contributed by atoms with Crippen LogP contribution in [0.4, 0.5) is 4.79 Å². The van der Waals surface area contributed by atoms with E-state index in [1.54, 1.807) is 4.90 Å². The van der Waals surface area contributed by atoms with Crippen LogP contribution >= 0.6 is 0 Å². The van der Waals surface area contributed by atoms with Crippen LogP contribution in [0.1, 0.15) is 43.4 Å². The Morgan fingerprint density at radius 2 is 1.97 bits per heavy atom. The molecule has 2 heterocycles. The maximum atomic E-state index is 12.3. The van der Waals surface area contributed by atoms with E-state index in [9.17, 15) is 4.79 Å². The van der Waals surface area contributed by atoms with Crippen molar-refractivity contribution in [3.05, 3.63) is 65.7 Å². The van der Waals surface area contributed by atoms with E-state index in [-0.39, 0.29) is 6.09 Å². The van der Waals surface area contributed by atoms with Crippen molar-refractivity contribution in [1.29, 1.82) is 0 Å². The van der Waals surface area contributed by atoms with Crippen LogP contribution in [-0.2, 0) is 11.3 Å². The Balaban J connectivity index is 1.22. The molecule has 30 heavy (non-hydrogen) atoms. The van der Waals surface area contributed by atoms with Gasteiger partial charge in [-0.1, -0.05) is 49.4 Å². The maximum absolute atomic E-state index is 12.3. The lowest BCUT2D eigenvalue weighted by Gasteiger charge is -2.28. The van der Waals surface area contributed by atoms with Crippen LogP contribution in [0, 0.1) is 11.8 Å². The van der Waals surface area contributed by atoms with Gasteiger partial charge < -0.3 is 19.7 Å². The molecule has 0 spiro atoms. The van der Waals surface area contributed by atoms with Crippen molar-refractivity contribution in [1.82, 2.24) is 10.2 Å². The van der Waals surface area contributed by atoms with Gasteiger partial charge in [0, 0.05) is 25.0 Å². The van der Waals surface area contributed by atoms with Gasteiger partial charge in [-0.25, -0.2) is 4.79 Å². The van der Waals surface area contributed by atoms with E-state index < -0.39 is 0 Å². The molecule has 1 N–H and O–H groups in total. The topological polar surface area (TPSA) is 50.8 Å². The number of carbonyl (C=O) groups excluding carboxylic acids is 1. The summed E-state index contributed by atoms with van der Waals surface area (Å²) in [7, 11) is 0. The zero-order valence-corrected chi connectivity index (χ0v) is 17.8. The summed E-state index contributed by atoms with van der Waals surface area (Å²) in [6.07, 6.45) is 3.15. The van der Waals surface area contributed by atoms with Crippen molar-refractivity contribution in [3.8, 4) is 5.75 Å². The molecule has 5 heteroatoms.